The number of sulfone groups is 1. The van der Waals surface area contributed by atoms with Crippen LogP contribution >= 0.6 is 0 Å². The molecule has 1 rings (SSSR count). The van der Waals surface area contributed by atoms with E-state index in [0.717, 1.165) is 17.6 Å². The standard InChI is InChI=1S/C12H19N3O3S/c1-9(19(4,17)18)12(16)14-8-10-5-6-13-11(7-10)15(2)3/h5-7,9H,8H2,1-4H3,(H,14,16). The van der Waals surface area contributed by atoms with Gasteiger partial charge in [-0.2, -0.15) is 0 Å². The average Bonchev–Trinajstić information content (AvgIpc) is 2.34. The Balaban J connectivity index is 2.67. The van der Waals surface area contributed by atoms with Gasteiger partial charge in [-0.1, -0.05) is 0 Å². The van der Waals surface area contributed by atoms with E-state index >= 15 is 0 Å². The molecular weight excluding hydrogens is 266 g/mol. The van der Waals surface area contributed by atoms with Crippen molar-refractivity contribution in [2.75, 3.05) is 25.3 Å². The fourth-order valence-electron chi connectivity index (χ4n) is 1.34. The first-order chi connectivity index (χ1) is 8.71. The zero-order valence-electron chi connectivity index (χ0n) is 11.5. The third-order valence-corrected chi connectivity index (χ3v) is 4.24. The molecule has 6 nitrogen and oxygen atoms in total. The lowest BCUT2D eigenvalue weighted by molar-refractivity contribution is -0.120. The second-order valence-electron chi connectivity index (χ2n) is 4.61. The summed E-state index contributed by atoms with van der Waals surface area (Å²) in [5.74, 6) is 0.286. The predicted octanol–water partition coefficient (Wildman–Crippen LogP) is 0.197. The van der Waals surface area contributed by atoms with Crippen LogP contribution in [0.15, 0.2) is 18.3 Å². The van der Waals surface area contributed by atoms with E-state index in [9.17, 15) is 13.2 Å². The van der Waals surface area contributed by atoms with Crippen LogP contribution in [0.5, 0.6) is 0 Å². The van der Waals surface area contributed by atoms with Gasteiger partial charge in [0.05, 0.1) is 0 Å². The molecule has 19 heavy (non-hydrogen) atoms. The van der Waals surface area contributed by atoms with Crippen LogP contribution in [0.2, 0.25) is 0 Å². The van der Waals surface area contributed by atoms with E-state index in [-0.39, 0.29) is 6.54 Å². The molecule has 0 saturated carbocycles. The van der Waals surface area contributed by atoms with E-state index in [1.54, 1.807) is 12.3 Å². The van der Waals surface area contributed by atoms with Crippen LogP contribution in [-0.4, -0.2) is 44.9 Å². The molecule has 1 aromatic heterocycles. The van der Waals surface area contributed by atoms with Crippen molar-refractivity contribution in [2.45, 2.75) is 18.7 Å². The average molecular weight is 285 g/mol. The van der Waals surface area contributed by atoms with Crippen molar-refractivity contribution in [2.24, 2.45) is 0 Å². The smallest absolute Gasteiger partial charge is 0.238 e. The second kappa shape index (κ2) is 6.01. The van der Waals surface area contributed by atoms with Crippen LogP contribution in [0.25, 0.3) is 0 Å². The summed E-state index contributed by atoms with van der Waals surface area (Å²) in [6.07, 6.45) is 2.70. The topological polar surface area (TPSA) is 79.4 Å². The van der Waals surface area contributed by atoms with E-state index in [0.29, 0.717) is 0 Å². The normalized spacial score (nSPS) is 12.8. The molecule has 0 radical (unpaired) electrons. The number of anilines is 1. The summed E-state index contributed by atoms with van der Waals surface area (Å²) in [6, 6.07) is 3.61. The number of rotatable bonds is 5. The highest BCUT2D eigenvalue weighted by Gasteiger charge is 2.22. The molecule has 0 aliphatic heterocycles. The van der Waals surface area contributed by atoms with Crippen molar-refractivity contribution < 1.29 is 13.2 Å². The molecule has 1 atom stereocenters. The number of nitrogens with one attached hydrogen (secondary N) is 1. The molecule has 1 unspecified atom stereocenters. The van der Waals surface area contributed by atoms with Gasteiger partial charge in [0.1, 0.15) is 11.1 Å². The number of amides is 1. The molecule has 0 bridgehead atoms. The van der Waals surface area contributed by atoms with E-state index in [1.165, 1.54) is 6.92 Å². The summed E-state index contributed by atoms with van der Waals surface area (Å²) in [6.45, 7) is 1.66. The maximum Gasteiger partial charge on any atom is 0.238 e. The number of carbonyl (C=O) groups excluding carboxylic acids is 1. The minimum atomic E-state index is -3.36. The zero-order chi connectivity index (χ0) is 14.6. The van der Waals surface area contributed by atoms with Crippen molar-refractivity contribution in [3.05, 3.63) is 23.9 Å². The van der Waals surface area contributed by atoms with E-state index in [1.807, 2.05) is 25.1 Å². The molecule has 1 heterocycles. The van der Waals surface area contributed by atoms with Crippen LogP contribution < -0.4 is 10.2 Å². The number of nitrogens with zero attached hydrogens (tertiary/aromatic N) is 2. The number of hydrogen-bond donors (Lipinski definition) is 1. The van der Waals surface area contributed by atoms with Crippen LogP contribution in [0.3, 0.4) is 0 Å². The number of hydrogen-bond acceptors (Lipinski definition) is 5. The lowest BCUT2D eigenvalue weighted by Gasteiger charge is -2.13. The highest BCUT2D eigenvalue weighted by Crippen LogP contribution is 2.09. The Morgan fingerprint density at radius 3 is 2.63 bits per heavy atom. The first-order valence-electron chi connectivity index (χ1n) is 5.80. The summed E-state index contributed by atoms with van der Waals surface area (Å²) >= 11 is 0. The Labute approximate surface area is 113 Å². The van der Waals surface area contributed by atoms with Crippen molar-refractivity contribution in [3.63, 3.8) is 0 Å². The lowest BCUT2D eigenvalue weighted by Crippen LogP contribution is -2.37. The second-order valence-corrected chi connectivity index (χ2v) is 6.97. The van der Waals surface area contributed by atoms with E-state index < -0.39 is 21.0 Å². The minimum Gasteiger partial charge on any atom is -0.363 e. The first kappa shape index (κ1) is 15.4. The summed E-state index contributed by atoms with van der Waals surface area (Å²) in [5.41, 5.74) is 0.868. The fourth-order valence-corrected chi connectivity index (χ4v) is 1.81. The molecule has 0 aliphatic rings. The summed E-state index contributed by atoms with van der Waals surface area (Å²) in [4.78, 5) is 17.7. The maximum absolute atomic E-state index is 11.7. The largest absolute Gasteiger partial charge is 0.363 e. The molecule has 1 amide bonds. The number of carbonyl (C=O) groups is 1. The SMILES string of the molecule is CC(C(=O)NCc1ccnc(N(C)C)c1)S(C)(=O)=O. The van der Waals surface area contributed by atoms with Crippen LogP contribution in [0.4, 0.5) is 5.82 Å². The molecule has 0 aliphatic carbocycles. The van der Waals surface area contributed by atoms with Gasteiger partial charge in [0.25, 0.3) is 0 Å². The van der Waals surface area contributed by atoms with E-state index in [4.69, 9.17) is 0 Å². The molecule has 7 heteroatoms. The van der Waals surface area contributed by atoms with Gasteiger partial charge in [-0.3, -0.25) is 4.79 Å². The van der Waals surface area contributed by atoms with Crippen molar-refractivity contribution in [1.29, 1.82) is 0 Å². The first-order valence-corrected chi connectivity index (χ1v) is 7.76. The van der Waals surface area contributed by atoms with Gasteiger partial charge >= 0.3 is 0 Å². The Bertz CT molecular complexity index is 555. The van der Waals surface area contributed by atoms with Crippen molar-refractivity contribution in [1.82, 2.24) is 10.3 Å². The van der Waals surface area contributed by atoms with Crippen LogP contribution in [-0.2, 0) is 21.2 Å². The minimum absolute atomic E-state index is 0.280. The summed E-state index contributed by atoms with van der Waals surface area (Å²) in [7, 11) is 0.382. The van der Waals surface area contributed by atoms with Crippen LogP contribution in [0, 0.1) is 0 Å². The third kappa shape index (κ3) is 4.51. The number of pyridine rings is 1. The molecule has 0 aromatic carbocycles. The molecule has 0 fully saturated rings. The zero-order valence-corrected chi connectivity index (χ0v) is 12.4. The number of aromatic nitrogens is 1. The van der Waals surface area contributed by atoms with E-state index in [2.05, 4.69) is 10.3 Å². The van der Waals surface area contributed by atoms with Gasteiger partial charge in [-0.05, 0) is 24.6 Å². The van der Waals surface area contributed by atoms with Gasteiger partial charge < -0.3 is 10.2 Å². The van der Waals surface area contributed by atoms with Gasteiger partial charge in [0.2, 0.25) is 5.91 Å². The van der Waals surface area contributed by atoms with Gasteiger partial charge in [-0.25, -0.2) is 13.4 Å². The molecule has 0 spiro atoms. The predicted molar refractivity (Wildman–Crippen MR) is 74.7 cm³/mol. The Kier molecular flexibility index (Phi) is 4.88. The Morgan fingerprint density at radius 2 is 2.11 bits per heavy atom. The van der Waals surface area contributed by atoms with Crippen molar-refractivity contribution in [3.8, 4) is 0 Å². The molecule has 106 valence electrons. The Hall–Kier alpha value is -1.63. The monoisotopic (exact) mass is 285 g/mol. The van der Waals surface area contributed by atoms with Gasteiger partial charge in [0.15, 0.2) is 9.84 Å². The Morgan fingerprint density at radius 1 is 1.47 bits per heavy atom. The highest BCUT2D eigenvalue weighted by molar-refractivity contribution is 7.92. The molecule has 1 aromatic rings. The highest BCUT2D eigenvalue weighted by atomic mass is 32.2. The van der Waals surface area contributed by atoms with Crippen molar-refractivity contribution >= 4 is 21.6 Å². The molecule has 0 saturated heterocycles. The molecular formula is C12H19N3O3S. The molecule has 1 N–H and O–H groups in total. The lowest BCUT2D eigenvalue weighted by atomic mass is 10.2. The fraction of sp³-hybridized carbons (Fsp3) is 0.500. The summed E-state index contributed by atoms with van der Waals surface area (Å²) < 4.78 is 22.5. The quantitative estimate of drug-likeness (QED) is 0.836. The van der Waals surface area contributed by atoms with Gasteiger partial charge in [-0.15, -0.1) is 0 Å². The third-order valence-electron chi connectivity index (χ3n) is 2.75. The summed E-state index contributed by atoms with van der Waals surface area (Å²) in [5, 5.41) is 1.57. The van der Waals surface area contributed by atoms with Crippen LogP contribution in [0.1, 0.15) is 12.5 Å². The maximum atomic E-state index is 11.7. The van der Waals surface area contributed by atoms with Gasteiger partial charge in [0, 0.05) is 33.1 Å².